The van der Waals surface area contributed by atoms with Crippen molar-refractivity contribution in [1.29, 1.82) is 5.26 Å². The highest BCUT2D eigenvalue weighted by atomic mass is 16.2. The summed E-state index contributed by atoms with van der Waals surface area (Å²) in [4.78, 5) is 18.7. The average Bonchev–Trinajstić information content (AvgIpc) is 3.10. The van der Waals surface area contributed by atoms with Gasteiger partial charge in [-0.1, -0.05) is 12.1 Å². The van der Waals surface area contributed by atoms with Gasteiger partial charge in [0, 0.05) is 39.1 Å². The summed E-state index contributed by atoms with van der Waals surface area (Å²) < 4.78 is 1.68. The Morgan fingerprint density at radius 3 is 2.79 bits per heavy atom. The van der Waals surface area contributed by atoms with Crippen molar-refractivity contribution in [3.8, 4) is 6.07 Å². The molecule has 0 saturated carbocycles. The van der Waals surface area contributed by atoms with Crippen LogP contribution in [0.25, 0.3) is 0 Å². The molecule has 0 fully saturated rings. The van der Waals surface area contributed by atoms with E-state index in [4.69, 9.17) is 0 Å². The van der Waals surface area contributed by atoms with E-state index in [0.29, 0.717) is 34.9 Å². The van der Waals surface area contributed by atoms with Crippen LogP contribution in [0.15, 0.2) is 42.9 Å². The molecule has 0 bridgehead atoms. The summed E-state index contributed by atoms with van der Waals surface area (Å²) in [5.41, 5.74) is 4.11. The van der Waals surface area contributed by atoms with E-state index < -0.39 is 0 Å². The van der Waals surface area contributed by atoms with Gasteiger partial charge in [-0.3, -0.25) is 9.48 Å². The molecule has 0 radical (unpaired) electrons. The number of likely N-dealkylation sites (N-methyl/N-ethyl adjacent to an activating group) is 1. The van der Waals surface area contributed by atoms with Crippen molar-refractivity contribution in [3.63, 3.8) is 0 Å². The number of carbonyl (C=O) groups excluding carboxylic acids is 1. The maximum absolute atomic E-state index is 12.7. The number of hydrogen-bond donors (Lipinski definition) is 2. The number of carbonyl (C=O) groups is 1. The lowest BCUT2D eigenvalue weighted by Crippen LogP contribution is -2.34. The molecule has 0 aliphatic carbocycles. The summed E-state index contributed by atoms with van der Waals surface area (Å²) in [6.07, 6.45) is 5.83. The van der Waals surface area contributed by atoms with Crippen LogP contribution in [-0.4, -0.2) is 39.2 Å². The molecular formula is C20H19N7O. The molecule has 0 saturated heterocycles. The van der Waals surface area contributed by atoms with E-state index in [-0.39, 0.29) is 5.91 Å². The van der Waals surface area contributed by atoms with Crippen molar-refractivity contribution < 1.29 is 4.79 Å². The number of aromatic nitrogens is 3. The molecule has 8 heteroatoms. The topological polar surface area (TPSA) is 98.9 Å². The number of aryl methyl sites for hydroxylation is 1. The van der Waals surface area contributed by atoms with E-state index in [9.17, 15) is 10.1 Å². The SMILES string of the molecule is CN1CCc2cccc(Nc3cc(Nc4cnn(C)c4)ncc3C#N)c2C1=O. The Kier molecular flexibility index (Phi) is 4.41. The van der Waals surface area contributed by atoms with Gasteiger partial charge in [0.1, 0.15) is 11.9 Å². The number of pyridine rings is 1. The maximum atomic E-state index is 12.7. The van der Waals surface area contributed by atoms with Crippen LogP contribution in [0.3, 0.4) is 0 Å². The minimum absolute atomic E-state index is 0.0226. The number of anilines is 4. The third-order valence-electron chi connectivity index (χ3n) is 4.70. The second kappa shape index (κ2) is 7.04. The normalized spacial score (nSPS) is 13.0. The third-order valence-corrected chi connectivity index (χ3v) is 4.70. The van der Waals surface area contributed by atoms with Crippen LogP contribution < -0.4 is 10.6 Å². The van der Waals surface area contributed by atoms with E-state index in [0.717, 1.165) is 17.7 Å². The van der Waals surface area contributed by atoms with Gasteiger partial charge in [0.15, 0.2) is 0 Å². The Morgan fingerprint density at radius 1 is 1.18 bits per heavy atom. The van der Waals surface area contributed by atoms with Gasteiger partial charge in [0.05, 0.1) is 34.4 Å². The van der Waals surface area contributed by atoms with Crippen LogP contribution in [-0.2, 0) is 13.5 Å². The summed E-state index contributed by atoms with van der Waals surface area (Å²) in [5, 5.41) is 20.0. The largest absolute Gasteiger partial charge is 0.354 e. The minimum atomic E-state index is -0.0226. The van der Waals surface area contributed by atoms with Gasteiger partial charge in [0.25, 0.3) is 5.91 Å². The number of nitrogens with zero attached hydrogens (tertiary/aromatic N) is 5. The Balaban J connectivity index is 1.69. The van der Waals surface area contributed by atoms with Gasteiger partial charge in [-0.05, 0) is 18.1 Å². The smallest absolute Gasteiger partial charge is 0.255 e. The van der Waals surface area contributed by atoms with Crippen LogP contribution in [0, 0.1) is 11.3 Å². The monoisotopic (exact) mass is 373 g/mol. The van der Waals surface area contributed by atoms with Crippen molar-refractivity contribution in [2.24, 2.45) is 7.05 Å². The zero-order chi connectivity index (χ0) is 19.7. The molecule has 0 unspecified atom stereocenters. The highest BCUT2D eigenvalue weighted by molar-refractivity contribution is 6.02. The first-order valence-electron chi connectivity index (χ1n) is 8.85. The lowest BCUT2D eigenvalue weighted by atomic mass is 9.97. The zero-order valence-electron chi connectivity index (χ0n) is 15.6. The highest BCUT2D eigenvalue weighted by Crippen LogP contribution is 2.30. The van der Waals surface area contributed by atoms with Gasteiger partial charge >= 0.3 is 0 Å². The number of hydrogen-bond acceptors (Lipinski definition) is 6. The lowest BCUT2D eigenvalue weighted by Gasteiger charge is -2.27. The number of nitrogens with one attached hydrogen (secondary N) is 2. The zero-order valence-corrected chi connectivity index (χ0v) is 15.6. The summed E-state index contributed by atoms with van der Waals surface area (Å²) >= 11 is 0. The Bertz CT molecular complexity index is 1100. The molecule has 3 heterocycles. The Hall–Kier alpha value is -3.86. The van der Waals surface area contributed by atoms with Gasteiger partial charge < -0.3 is 15.5 Å². The number of benzene rings is 1. The van der Waals surface area contributed by atoms with E-state index in [1.807, 2.05) is 31.4 Å². The Morgan fingerprint density at radius 2 is 2.04 bits per heavy atom. The van der Waals surface area contributed by atoms with Crippen LogP contribution in [0.4, 0.5) is 22.9 Å². The second-order valence-corrected chi connectivity index (χ2v) is 6.70. The van der Waals surface area contributed by atoms with E-state index in [1.54, 1.807) is 28.9 Å². The van der Waals surface area contributed by atoms with Crippen LogP contribution >= 0.6 is 0 Å². The van der Waals surface area contributed by atoms with Crippen molar-refractivity contribution in [1.82, 2.24) is 19.7 Å². The van der Waals surface area contributed by atoms with E-state index in [1.165, 1.54) is 6.20 Å². The molecule has 0 atom stereocenters. The highest BCUT2D eigenvalue weighted by Gasteiger charge is 2.24. The number of fused-ring (bicyclic) bond motifs is 1. The van der Waals surface area contributed by atoms with Crippen molar-refractivity contribution >= 4 is 28.8 Å². The first-order chi connectivity index (χ1) is 13.5. The van der Waals surface area contributed by atoms with Crippen LogP contribution in [0.2, 0.25) is 0 Å². The summed E-state index contributed by atoms with van der Waals surface area (Å²) in [5.74, 6) is 0.549. The van der Waals surface area contributed by atoms with Gasteiger partial charge in [-0.15, -0.1) is 0 Å². The predicted molar refractivity (Wildman–Crippen MR) is 106 cm³/mol. The first kappa shape index (κ1) is 17.5. The molecule has 8 nitrogen and oxygen atoms in total. The average molecular weight is 373 g/mol. The molecule has 1 amide bonds. The third kappa shape index (κ3) is 3.25. The van der Waals surface area contributed by atoms with E-state index in [2.05, 4.69) is 26.8 Å². The fraction of sp³-hybridized carbons (Fsp3) is 0.200. The van der Waals surface area contributed by atoms with Gasteiger partial charge in [0.2, 0.25) is 0 Å². The molecular weight excluding hydrogens is 354 g/mol. The van der Waals surface area contributed by atoms with Crippen molar-refractivity contribution in [3.05, 3.63) is 59.5 Å². The number of amides is 1. The van der Waals surface area contributed by atoms with E-state index >= 15 is 0 Å². The first-order valence-corrected chi connectivity index (χ1v) is 8.85. The second-order valence-electron chi connectivity index (χ2n) is 6.70. The molecule has 4 rings (SSSR count). The molecule has 140 valence electrons. The van der Waals surface area contributed by atoms with Gasteiger partial charge in [-0.25, -0.2) is 4.98 Å². The molecule has 28 heavy (non-hydrogen) atoms. The predicted octanol–water partition coefficient (Wildman–Crippen LogP) is 2.80. The van der Waals surface area contributed by atoms with Gasteiger partial charge in [-0.2, -0.15) is 10.4 Å². The molecule has 1 aliphatic rings. The fourth-order valence-electron chi connectivity index (χ4n) is 3.24. The van der Waals surface area contributed by atoms with Crippen LogP contribution in [0.5, 0.6) is 0 Å². The van der Waals surface area contributed by atoms with Crippen molar-refractivity contribution in [2.45, 2.75) is 6.42 Å². The molecule has 0 spiro atoms. The molecule has 2 aromatic heterocycles. The molecule has 1 aliphatic heterocycles. The summed E-state index contributed by atoms with van der Waals surface area (Å²) in [6.45, 7) is 0.702. The Labute approximate surface area is 162 Å². The van der Waals surface area contributed by atoms with Crippen molar-refractivity contribution in [2.75, 3.05) is 24.2 Å². The fourth-order valence-corrected chi connectivity index (χ4v) is 3.24. The molecule has 1 aromatic carbocycles. The standard InChI is InChI=1S/C20H19N7O/c1-26-7-6-13-4-3-5-16(19(13)20(26)28)25-17-8-18(22-10-14(17)9-21)24-15-11-23-27(2)12-15/h3-5,8,10-12H,6-7H2,1-2H3,(H2,22,24,25). The number of rotatable bonds is 4. The summed E-state index contributed by atoms with van der Waals surface area (Å²) in [6, 6.07) is 9.64. The maximum Gasteiger partial charge on any atom is 0.255 e. The molecule has 2 N–H and O–H groups in total. The minimum Gasteiger partial charge on any atom is -0.354 e. The summed E-state index contributed by atoms with van der Waals surface area (Å²) in [7, 11) is 3.63. The quantitative estimate of drug-likeness (QED) is 0.730. The molecule has 3 aromatic rings. The number of nitriles is 1. The van der Waals surface area contributed by atoms with Crippen LogP contribution in [0.1, 0.15) is 21.5 Å². The lowest BCUT2D eigenvalue weighted by molar-refractivity contribution is 0.0782.